The maximum Gasteiger partial charge on any atom is 0.307 e. The molecule has 1 fully saturated rings. The highest BCUT2D eigenvalue weighted by atomic mass is 16.4. The quantitative estimate of drug-likeness (QED) is 0.895. The van der Waals surface area contributed by atoms with Gasteiger partial charge in [0.25, 0.3) is 0 Å². The number of aliphatic carboxylic acids is 1. The molecule has 0 spiro atoms. The topological polar surface area (TPSA) is 67.2 Å². The van der Waals surface area contributed by atoms with Gasteiger partial charge in [-0.2, -0.15) is 5.10 Å². The van der Waals surface area contributed by atoms with E-state index in [1.165, 1.54) is 0 Å². The normalized spacial score (nSPS) is 22.1. The Hall–Kier alpha value is -2.14. The second-order valence-corrected chi connectivity index (χ2v) is 5.25. The molecular formula is C15H17N3O2. The number of rotatable bonds is 3. The minimum atomic E-state index is -0.729. The molecule has 5 nitrogen and oxygen atoms in total. The number of carboxylic acid groups (broad SMARTS) is 1. The number of para-hydroxylation sites is 1. The van der Waals surface area contributed by atoms with E-state index in [1.807, 2.05) is 48.3 Å². The van der Waals surface area contributed by atoms with Gasteiger partial charge in [-0.3, -0.25) is 4.79 Å². The van der Waals surface area contributed by atoms with E-state index in [-0.39, 0.29) is 12.0 Å². The molecule has 104 valence electrons. The molecule has 2 heterocycles. The van der Waals surface area contributed by atoms with Crippen molar-refractivity contribution in [1.82, 2.24) is 15.1 Å². The minimum Gasteiger partial charge on any atom is -0.481 e. The summed E-state index contributed by atoms with van der Waals surface area (Å²) >= 11 is 0. The molecule has 0 radical (unpaired) electrons. The molecule has 0 saturated carbocycles. The van der Waals surface area contributed by atoms with E-state index in [2.05, 4.69) is 10.4 Å². The highest BCUT2D eigenvalue weighted by Gasteiger charge is 2.31. The van der Waals surface area contributed by atoms with Gasteiger partial charge in [0, 0.05) is 18.8 Å². The molecule has 2 N–H and O–H groups in total. The third kappa shape index (κ3) is 2.32. The Bertz CT molecular complexity index is 636. The maximum atomic E-state index is 11.1. The number of aryl methyl sites for hydroxylation is 1. The van der Waals surface area contributed by atoms with Crippen molar-refractivity contribution in [3.8, 4) is 5.69 Å². The second kappa shape index (κ2) is 5.09. The Morgan fingerprint density at radius 2 is 2.25 bits per heavy atom. The predicted octanol–water partition coefficient (Wildman–Crippen LogP) is 1.92. The lowest BCUT2D eigenvalue weighted by Gasteiger charge is -2.15. The van der Waals surface area contributed by atoms with Gasteiger partial charge in [0.05, 0.1) is 17.8 Å². The number of hydrogen-bond donors (Lipinski definition) is 2. The number of nitrogens with zero attached hydrogens (tertiary/aromatic N) is 2. The average Bonchev–Trinajstić information content (AvgIpc) is 3.07. The lowest BCUT2D eigenvalue weighted by molar-refractivity contribution is -0.141. The average molecular weight is 271 g/mol. The fourth-order valence-corrected chi connectivity index (χ4v) is 2.70. The summed E-state index contributed by atoms with van der Waals surface area (Å²) in [7, 11) is 0. The molecule has 1 aromatic heterocycles. The molecule has 5 heteroatoms. The Morgan fingerprint density at radius 1 is 1.45 bits per heavy atom. The number of carboxylic acids is 1. The second-order valence-electron chi connectivity index (χ2n) is 5.25. The van der Waals surface area contributed by atoms with Crippen molar-refractivity contribution in [2.45, 2.75) is 19.4 Å². The van der Waals surface area contributed by atoms with Gasteiger partial charge in [-0.05, 0) is 30.5 Å². The zero-order chi connectivity index (χ0) is 14.1. The lowest BCUT2D eigenvalue weighted by Crippen LogP contribution is -2.18. The summed E-state index contributed by atoms with van der Waals surface area (Å²) in [5.74, 6) is -1.04. The van der Waals surface area contributed by atoms with Gasteiger partial charge in [-0.15, -0.1) is 0 Å². The molecule has 1 aromatic carbocycles. The molecule has 20 heavy (non-hydrogen) atoms. The molecule has 1 aliphatic rings. The summed E-state index contributed by atoms with van der Waals surface area (Å²) in [6.45, 7) is 2.52. The summed E-state index contributed by atoms with van der Waals surface area (Å²) in [5, 5.41) is 16.8. The van der Waals surface area contributed by atoms with Crippen molar-refractivity contribution in [1.29, 1.82) is 0 Å². The van der Waals surface area contributed by atoms with E-state index in [0.717, 1.165) is 16.8 Å². The first-order valence-corrected chi connectivity index (χ1v) is 6.72. The SMILES string of the molecule is Cc1cnn(-c2ccccc2C2CC(C(=O)O)CN2)c1. The fourth-order valence-electron chi connectivity index (χ4n) is 2.70. The molecule has 0 amide bonds. The first kappa shape index (κ1) is 12.9. The first-order chi connectivity index (χ1) is 9.65. The molecule has 0 bridgehead atoms. The van der Waals surface area contributed by atoms with Crippen molar-refractivity contribution in [3.05, 3.63) is 47.8 Å². The largest absolute Gasteiger partial charge is 0.481 e. The molecular weight excluding hydrogens is 254 g/mol. The third-order valence-corrected chi connectivity index (χ3v) is 3.75. The maximum absolute atomic E-state index is 11.1. The Balaban J connectivity index is 1.93. The van der Waals surface area contributed by atoms with Gasteiger partial charge < -0.3 is 10.4 Å². The van der Waals surface area contributed by atoms with Crippen molar-refractivity contribution in [2.75, 3.05) is 6.54 Å². The standard InChI is InChI=1S/C15H17N3O2/c1-10-7-17-18(9-10)14-5-3-2-4-12(14)13-6-11(8-16-13)15(19)20/h2-5,7,9,11,13,16H,6,8H2,1H3,(H,19,20). The highest BCUT2D eigenvalue weighted by Crippen LogP contribution is 2.31. The van der Waals surface area contributed by atoms with Crippen LogP contribution in [0.25, 0.3) is 5.69 Å². The number of hydrogen-bond acceptors (Lipinski definition) is 3. The molecule has 0 aliphatic carbocycles. The van der Waals surface area contributed by atoms with E-state index in [4.69, 9.17) is 5.11 Å². The summed E-state index contributed by atoms with van der Waals surface area (Å²) in [5.41, 5.74) is 3.20. The van der Waals surface area contributed by atoms with E-state index < -0.39 is 5.97 Å². The van der Waals surface area contributed by atoms with Gasteiger partial charge in [0.15, 0.2) is 0 Å². The smallest absolute Gasteiger partial charge is 0.307 e. The van der Waals surface area contributed by atoms with Gasteiger partial charge in [0.1, 0.15) is 0 Å². The van der Waals surface area contributed by atoms with E-state index in [9.17, 15) is 4.79 Å². The van der Waals surface area contributed by atoms with Crippen LogP contribution in [0.3, 0.4) is 0 Å². The number of nitrogens with one attached hydrogen (secondary N) is 1. The molecule has 2 atom stereocenters. The van der Waals surface area contributed by atoms with E-state index >= 15 is 0 Å². The zero-order valence-electron chi connectivity index (χ0n) is 11.3. The Kier molecular flexibility index (Phi) is 3.28. The van der Waals surface area contributed by atoms with Crippen LogP contribution in [0.2, 0.25) is 0 Å². The molecule has 2 aromatic rings. The van der Waals surface area contributed by atoms with Gasteiger partial charge in [-0.25, -0.2) is 4.68 Å². The van der Waals surface area contributed by atoms with Crippen LogP contribution >= 0.6 is 0 Å². The monoisotopic (exact) mass is 271 g/mol. The van der Waals surface area contributed by atoms with Crippen LogP contribution in [0, 0.1) is 12.8 Å². The van der Waals surface area contributed by atoms with E-state index in [0.29, 0.717) is 13.0 Å². The number of aromatic nitrogens is 2. The fraction of sp³-hybridized carbons (Fsp3) is 0.333. The van der Waals surface area contributed by atoms with Gasteiger partial charge >= 0.3 is 5.97 Å². The summed E-state index contributed by atoms with van der Waals surface area (Å²) in [6.07, 6.45) is 4.41. The number of carbonyl (C=O) groups is 1. The van der Waals surface area contributed by atoms with Crippen molar-refractivity contribution in [2.24, 2.45) is 5.92 Å². The Labute approximate surface area is 117 Å². The molecule has 2 unspecified atom stereocenters. The predicted molar refractivity (Wildman–Crippen MR) is 74.8 cm³/mol. The van der Waals surface area contributed by atoms with Crippen LogP contribution in [0.1, 0.15) is 23.6 Å². The zero-order valence-corrected chi connectivity index (χ0v) is 11.3. The molecule has 3 rings (SSSR count). The summed E-state index contributed by atoms with van der Waals surface area (Å²) in [6, 6.07) is 8.06. The lowest BCUT2D eigenvalue weighted by atomic mass is 9.99. The van der Waals surface area contributed by atoms with Crippen molar-refractivity contribution in [3.63, 3.8) is 0 Å². The molecule has 1 saturated heterocycles. The molecule has 1 aliphatic heterocycles. The van der Waals surface area contributed by atoms with Crippen LogP contribution < -0.4 is 5.32 Å². The Morgan fingerprint density at radius 3 is 2.90 bits per heavy atom. The van der Waals surface area contributed by atoms with Gasteiger partial charge in [-0.1, -0.05) is 18.2 Å². The summed E-state index contributed by atoms with van der Waals surface area (Å²) < 4.78 is 1.85. The highest BCUT2D eigenvalue weighted by molar-refractivity contribution is 5.71. The van der Waals surface area contributed by atoms with E-state index in [1.54, 1.807) is 0 Å². The van der Waals surface area contributed by atoms with Crippen molar-refractivity contribution < 1.29 is 9.90 Å². The first-order valence-electron chi connectivity index (χ1n) is 6.72. The van der Waals surface area contributed by atoms with Crippen LogP contribution in [0.15, 0.2) is 36.7 Å². The van der Waals surface area contributed by atoms with Gasteiger partial charge in [0.2, 0.25) is 0 Å². The van der Waals surface area contributed by atoms with Crippen LogP contribution in [0.5, 0.6) is 0 Å². The van der Waals surface area contributed by atoms with Crippen LogP contribution in [0.4, 0.5) is 0 Å². The summed E-state index contributed by atoms with van der Waals surface area (Å²) in [4.78, 5) is 11.1. The minimum absolute atomic E-state index is 0.0665. The third-order valence-electron chi connectivity index (χ3n) is 3.75. The number of benzene rings is 1. The van der Waals surface area contributed by atoms with Crippen molar-refractivity contribution >= 4 is 5.97 Å². The van der Waals surface area contributed by atoms with Crippen LogP contribution in [-0.4, -0.2) is 27.4 Å². The van der Waals surface area contributed by atoms with Crippen LogP contribution in [-0.2, 0) is 4.79 Å².